The Labute approximate surface area is 152 Å². The summed E-state index contributed by atoms with van der Waals surface area (Å²) in [7, 11) is 0. The Morgan fingerprint density at radius 2 is 1.73 bits per heavy atom. The molecule has 0 fully saturated rings. The second-order valence-corrected chi connectivity index (χ2v) is 6.85. The number of nitrogens with two attached hydrogens (primary N) is 1. The van der Waals surface area contributed by atoms with Crippen molar-refractivity contribution >= 4 is 11.9 Å². The SMILES string of the molecule is CC(C)(CNC(=O)[C@@H](N)Cc1ccccc1)c1ccc(C(=O)OO)cc1. The number of hydrogen-bond donors (Lipinski definition) is 3. The number of carbonyl (C=O) groups is 2. The summed E-state index contributed by atoms with van der Waals surface area (Å²) in [6, 6.07) is 15.7. The van der Waals surface area contributed by atoms with Crippen molar-refractivity contribution in [1.82, 2.24) is 5.32 Å². The van der Waals surface area contributed by atoms with Gasteiger partial charge in [0.25, 0.3) is 0 Å². The van der Waals surface area contributed by atoms with Crippen LogP contribution in [0.2, 0.25) is 0 Å². The van der Waals surface area contributed by atoms with Gasteiger partial charge in [0.05, 0.1) is 11.6 Å². The molecule has 0 unspecified atom stereocenters. The lowest BCUT2D eigenvalue weighted by atomic mass is 9.84. The number of rotatable bonds is 7. The molecule has 0 radical (unpaired) electrons. The third kappa shape index (κ3) is 5.15. The standard InChI is InChI=1S/C20H24N2O4/c1-20(2,16-10-8-15(9-11-16)19(24)26-25)13-22-18(23)17(21)12-14-6-4-3-5-7-14/h3-11,17,25H,12-13,21H2,1-2H3,(H,22,23)/t17-/m0/s1. The summed E-state index contributed by atoms with van der Waals surface area (Å²) in [4.78, 5) is 27.3. The highest BCUT2D eigenvalue weighted by atomic mass is 17.1. The van der Waals surface area contributed by atoms with E-state index in [1.807, 2.05) is 44.2 Å². The van der Waals surface area contributed by atoms with Crippen molar-refractivity contribution in [3.8, 4) is 0 Å². The maximum atomic E-state index is 12.3. The van der Waals surface area contributed by atoms with Gasteiger partial charge in [0.2, 0.25) is 5.91 Å². The van der Waals surface area contributed by atoms with Crippen LogP contribution in [0.15, 0.2) is 54.6 Å². The fourth-order valence-electron chi connectivity index (χ4n) is 2.61. The molecule has 2 rings (SSSR count). The van der Waals surface area contributed by atoms with E-state index in [4.69, 9.17) is 11.0 Å². The molecule has 1 atom stereocenters. The molecule has 26 heavy (non-hydrogen) atoms. The van der Waals surface area contributed by atoms with Gasteiger partial charge in [0.1, 0.15) is 0 Å². The fraction of sp³-hybridized carbons (Fsp3) is 0.300. The first-order valence-electron chi connectivity index (χ1n) is 8.37. The van der Waals surface area contributed by atoms with Crippen molar-refractivity contribution in [1.29, 1.82) is 0 Å². The molecule has 0 saturated carbocycles. The molecule has 6 heteroatoms. The van der Waals surface area contributed by atoms with E-state index < -0.39 is 12.0 Å². The average molecular weight is 356 g/mol. The highest BCUT2D eigenvalue weighted by molar-refractivity contribution is 5.88. The lowest BCUT2D eigenvalue weighted by molar-refractivity contribution is -0.182. The molecule has 2 aromatic rings. The van der Waals surface area contributed by atoms with Crippen molar-refractivity contribution in [2.45, 2.75) is 31.7 Å². The minimum absolute atomic E-state index is 0.206. The molecule has 0 aliphatic carbocycles. The Hall–Kier alpha value is -2.70. The fourth-order valence-corrected chi connectivity index (χ4v) is 2.61. The van der Waals surface area contributed by atoms with E-state index in [1.54, 1.807) is 24.3 Å². The zero-order chi connectivity index (χ0) is 19.2. The van der Waals surface area contributed by atoms with Crippen LogP contribution < -0.4 is 11.1 Å². The third-order valence-corrected chi connectivity index (χ3v) is 4.32. The zero-order valence-electron chi connectivity index (χ0n) is 14.9. The smallest absolute Gasteiger partial charge is 0.354 e. The summed E-state index contributed by atoms with van der Waals surface area (Å²) >= 11 is 0. The second kappa shape index (κ2) is 8.60. The van der Waals surface area contributed by atoms with Crippen molar-refractivity contribution < 1.29 is 19.7 Å². The van der Waals surface area contributed by atoms with Crippen molar-refractivity contribution in [3.63, 3.8) is 0 Å². The monoisotopic (exact) mass is 356 g/mol. The Bertz CT molecular complexity index is 742. The van der Waals surface area contributed by atoms with Crippen LogP contribution in [0, 0.1) is 0 Å². The Morgan fingerprint density at radius 1 is 1.12 bits per heavy atom. The molecule has 0 bridgehead atoms. The van der Waals surface area contributed by atoms with E-state index in [-0.39, 0.29) is 16.9 Å². The van der Waals surface area contributed by atoms with Crippen LogP contribution in [0.3, 0.4) is 0 Å². The summed E-state index contributed by atoms with van der Waals surface area (Å²) < 4.78 is 0. The van der Waals surface area contributed by atoms with Gasteiger partial charge in [-0.1, -0.05) is 56.3 Å². The minimum Gasteiger partial charge on any atom is -0.354 e. The van der Waals surface area contributed by atoms with Crippen LogP contribution >= 0.6 is 0 Å². The summed E-state index contributed by atoms with van der Waals surface area (Å²) in [5, 5.41) is 11.3. The lowest BCUT2D eigenvalue weighted by Gasteiger charge is -2.26. The predicted octanol–water partition coefficient (Wildman–Crippen LogP) is 2.28. The Kier molecular flexibility index (Phi) is 6.49. The molecule has 0 aliphatic rings. The summed E-state index contributed by atoms with van der Waals surface area (Å²) in [5.74, 6) is -1.02. The zero-order valence-corrected chi connectivity index (χ0v) is 14.9. The van der Waals surface area contributed by atoms with Crippen molar-refractivity contribution in [2.24, 2.45) is 5.73 Å². The van der Waals surface area contributed by atoms with E-state index in [0.717, 1.165) is 11.1 Å². The number of amides is 1. The van der Waals surface area contributed by atoms with Crippen LogP contribution in [0.5, 0.6) is 0 Å². The highest BCUT2D eigenvalue weighted by Crippen LogP contribution is 2.23. The van der Waals surface area contributed by atoms with Crippen LogP contribution in [0.4, 0.5) is 0 Å². The number of carbonyl (C=O) groups excluding carboxylic acids is 2. The number of hydrogen-bond acceptors (Lipinski definition) is 5. The van der Waals surface area contributed by atoms with Crippen LogP contribution in [0.25, 0.3) is 0 Å². The maximum Gasteiger partial charge on any atom is 0.372 e. The molecule has 0 spiro atoms. The Morgan fingerprint density at radius 3 is 2.31 bits per heavy atom. The molecule has 0 heterocycles. The van der Waals surface area contributed by atoms with Crippen molar-refractivity contribution in [2.75, 3.05) is 6.54 Å². The third-order valence-electron chi connectivity index (χ3n) is 4.32. The van der Waals surface area contributed by atoms with Crippen LogP contribution in [-0.4, -0.2) is 29.7 Å². The maximum absolute atomic E-state index is 12.3. The van der Waals surface area contributed by atoms with E-state index in [2.05, 4.69) is 10.2 Å². The summed E-state index contributed by atoms with van der Waals surface area (Å²) in [6.45, 7) is 4.36. The average Bonchev–Trinajstić information content (AvgIpc) is 2.66. The van der Waals surface area contributed by atoms with Crippen LogP contribution in [-0.2, 0) is 21.5 Å². The summed E-state index contributed by atoms with van der Waals surface area (Å²) in [6.07, 6.45) is 0.477. The van der Waals surface area contributed by atoms with E-state index in [1.165, 1.54) is 0 Å². The van der Waals surface area contributed by atoms with Gasteiger partial charge < -0.3 is 11.1 Å². The Balaban J connectivity index is 1.94. The largest absolute Gasteiger partial charge is 0.372 e. The molecule has 0 aromatic heterocycles. The van der Waals surface area contributed by atoms with Gasteiger partial charge in [0, 0.05) is 12.0 Å². The predicted molar refractivity (Wildman–Crippen MR) is 98.6 cm³/mol. The molecule has 4 N–H and O–H groups in total. The van der Waals surface area contributed by atoms with Gasteiger partial charge in [-0.05, 0) is 29.7 Å². The molecule has 0 saturated heterocycles. The molecule has 1 amide bonds. The lowest BCUT2D eigenvalue weighted by Crippen LogP contribution is -2.46. The van der Waals surface area contributed by atoms with Crippen LogP contribution in [0.1, 0.15) is 35.3 Å². The van der Waals surface area contributed by atoms with Gasteiger partial charge in [0.15, 0.2) is 0 Å². The van der Waals surface area contributed by atoms with Gasteiger partial charge in [-0.3, -0.25) is 9.68 Å². The minimum atomic E-state index is -0.811. The first-order valence-corrected chi connectivity index (χ1v) is 8.37. The van der Waals surface area contributed by atoms with E-state index in [9.17, 15) is 9.59 Å². The van der Waals surface area contributed by atoms with Gasteiger partial charge >= 0.3 is 5.97 Å². The van der Waals surface area contributed by atoms with Gasteiger partial charge in [-0.2, -0.15) is 5.26 Å². The van der Waals surface area contributed by atoms with E-state index >= 15 is 0 Å². The van der Waals surface area contributed by atoms with E-state index in [0.29, 0.717) is 13.0 Å². The second-order valence-electron chi connectivity index (χ2n) is 6.85. The quantitative estimate of drug-likeness (QED) is 0.522. The first-order chi connectivity index (χ1) is 12.3. The number of benzene rings is 2. The topological polar surface area (TPSA) is 102 Å². The van der Waals surface area contributed by atoms with Gasteiger partial charge in [-0.15, -0.1) is 0 Å². The highest BCUT2D eigenvalue weighted by Gasteiger charge is 2.23. The first kappa shape index (κ1) is 19.6. The molecule has 138 valence electrons. The number of nitrogens with one attached hydrogen (secondary N) is 1. The van der Waals surface area contributed by atoms with Gasteiger partial charge in [-0.25, -0.2) is 4.79 Å². The van der Waals surface area contributed by atoms with Crippen molar-refractivity contribution in [3.05, 3.63) is 71.3 Å². The molecule has 2 aromatic carbocycles. The molecular formula is C20H24N2O4. The summed E-state index contributed by atoms with van der Waals surface area (Å²) in [5.41, 5.74) is 7.84. The normalized spacial score (nSPS) is 12.3. The molecular weight excluding hydrogens is 332 g/mol. The molecule has 0 aliphatic heterocycles. The molecule has 6 nitrogen and oxygen atoms in total.